The van der Waals surface area contributed by atoms with Crippen molar-refractivity contribution >= 4 is 12.3 Å². The van der Waals surface area contributed by atoms with E-state index in [4.69, 9.17) is 11.5 Å². The molecule has 0 unspecified atom stereocenters. The molecule has 1 rings (SSSR count). The maximum atomic E-state index is 5.42. The summed E-state index contributed by atoms with van der Waals surface area (Å²) in [6, 6.07) is 10.1. The zero-order chi connectivity index (χ0) is 10.2. The molecule has 0 radical (unpaired) electrons. The number of nitrogens with two attached hydrogens (primary N) is 2. The van der Waals surface area contributed by atoms with E-state index in [9.17, 15) is 0 Å². The van der Waals surface area contributed by atoms with Gasteiger partial charge < -0.3 is 11.5 Å². The van der Waals surface area contributed by atoms with Crippen LogP contribution in [-0.2, 0) is 6.42 Å². The van der Waals surface area contributed by atoms with E-state index in [2.05, 4.69) is 22.1 Å². The predicted octanol–water partition coefficient (Wildman–Crippen LogP) is 0.531. The Hall–Kier alpha value is -1.84. The lowest BCUT2D eigenvalue weighted by Gasteiger charge is -1.97. The van der Waals surface area contributed by atoms with Gasteiger partial charge in [-0.1, -0.05) is 30.3 Å². The van der Waals surface area contributed by atoms with Gasteiger partial charge in [-0.05, 0) is 12.0 Å². The average molecular weight is 190 g/mol. The van der Waals surface area contributed by atoms with E-state index < -0.39 is 0 Å². The molecule has 14 heavy (non-hydrogen) atoms. The van der Waals surface area contributed by atoms with Crippen LogP contribution in [0.3, 0.4) is 0 Å². The zero-order valence-electron chi connectivity index (χ0n) is 7.93. The normalized spacial score (nSPS) is 12.1. The Morgan fingerprint density at radius 3 is 2.64 bits per heavy atom. The number of benzene rings is 1. The Bertz CT molecular complexity index is 316. The zero-order valence-corrected chi connectivity index (χ0v) is 7.93. The molecule has 4 N–H and O–H groups in total. The maximum Gasteiger partial charge on any atom is 0.216 e. The van der Waals surface area contributed by atoms with Crippen LogP contribution >= 0.6 is 0 Å². The largest absolute Gasteiger partial charge is 0.390 e. The van der Waals surface area contributed by atoms with Crippen molar-refractivity contribution in [3.05, 3.63) is 35.9 Å². The van der Waals surface area contributed by atoms with Crippen LogP contribution in [0.1, 0.15) is 5.56 Å². The Balaban J connectivity index is 2.39. The van der Waals surface area contributed by atoms with Gasteiger partial charge in [-0.3, -0.25) is 4.99 Å². The monoisotopic (exact) mass is 190 g/mol. The van der Waals surface area contributed by atoms with Gasteiger partial charge in [0.1, 0.15) is 0 Å². The second kappa shape index (κ2) is 5.75. The highest BCUT2D eigenvalue weighted by Gasteiger charge is 1.90. The molecule has 4 nitrogen and oxygen atoms in total. The molecule has 4 heteroatoms. The first kappa shape index (κ1) is 10.2. The Morgan fingerprint density at radius 1 is 1.29 bits per heavy atom. The molecule has 0 aliphatic carbocycles. The fourth-order valence-corrected chi connectivity index (χ4v) is 1.06. The molecular formula is C10H14N4. The van der Waals surface area contributed by atoms with Gasteiger partial charge in [0.15, 0.2) is 0 Å². The number of nitrogens with zero attached hydrogens (tertiary/aromatic N) is 2. The summed E-state index contributed by atoms with van der Waals surface area (Å²) in [6.45, 7) is 0.632. The number of hydrogen-bond donors (Lipinski definition) is 2. The van der Waals surface area contributed by atoms with Gasteiger partial charge in [0.25, 0.3) is 0 Å². The first-order chi connectivity index (χ1) is 6.83. The molecule has 74 valence electrons. The summed E-state index contributed by atoms with van der Waals surface area (Å²) in [7, 11) is 0. The van der Waals surface area contributed by atoms with Gasteiger partial charge in [0.05, 0.1) is 6.34 Å². The van der Waals surface area contributed by atoms with Crippen LogP contribution in [0.25, 0.3) is 0 Å². The summed E-state index contributed by atoms with van der Waals surface area (Å²) >= 11 is 0. The lowest BCUT2D eigenvalue weighted by Crippen LogP contribution is -2.11. The van der Waals surface area contributed by atoms with Crippen LogP contribution < -0.4 is 11.5 Å². The number of rotatable bonds is 3. The third-order valence-electron chi connectivity index (χ3n) is 1.72. The number of guanidine groups is 1. The highest BCUT2D eigenvalue weighted by atomic mass is 15.0. The first-order valence-electron chi connectivity index (χ1n) is 4.41. The second-order valence-electron chi connectivity index (χ2n) is 2.75. The smallest absolute Gasteiger partial charge is 0.216 e. The minimum atomic E-state index is 0.225. The molecule has 0 saturated carbocycles. The Morgan fingerprint density at radius 2 is 2.00 bits per heavy atom. The predicted molar refractivity (Wildman–Crippen MR) is 59.3 cm³/mol. The quantitative estimate of drug-likeness (QED) is 0.538. The lowest BCUT2D eigenvalue weighted by atomic mass is 10.2. The lowest BCUT2D eigenvalue weighted by molar-refractivity contribution is 0.962. The molecule has 0 saturated heterocycles. The summed E-state index contributed by atoms with van der Waals surface area (Å²) < 4.78 is 0. The molecule has 1 aromatic carbocycles. The SMILES string of the molecule is NC=NC(N)=NCCc1ccccc1. The van der Waals surface area contributed by atoms with E-state index >= 15 is 0 Å². The Labute approximate surface area is 83.4 Å². The van der Waals surface area contributed by atoms with Crippen molar-refractivity contribution in [2.24, 2.45) is 21.5 Å². The topological polar surface area (TPSA) is 76.8 Å². The molecular weight excluding hydrogens is 176 g/mol. The van der Waals surface area contributed by atoms with Gasteiger partial charge in [0.2, 0.25) is 5.96 Å². The third-order valence-corrected chi connectivity index (χ3v) is 1.72. The van der Waals surface area contributed by atoms with Crippen molar-refractivity contribution in [1.29, 1.82) is 0 Å². The summed E-state index contributed by atoms with van der Waals surface area (Å²) in [5, 5.41) is 0. The van der Waals surface area contributed by atoms with Gasteiger partial charge in [-0.15, -0.1) is 0 Å². The molecule has 1 aromatic rings. The van der Waals surface area contributed by atoms with Gasteiger partial charge in [-0.25, -0.2) is 4.99 Å². The average Bonchev–Trinajstić information content (AvgIpc) is 2.20. The van der Waals surface area contributed by atoms with Crippen molar-refractivity contribution in [1.82, 2.24) is 0 Å². The standard InChI is InChI=1S/C10H14N4/c11-8-14-10(12)13-7-6-9-4-2-1-3-5-9/h1-5,8H,6-7H2,(H4,11,12,13,14). The van der Waals surface area contributed by atoms with Crippen LogP contribution in [0.2, 0.25) is 0 Å². The van der Waals surface area contributed by atoms with Crippen LogP contribution in [0, 0.1) is 0 Å². The van der Waals surface area contributed by atoms with Crippen molar-refractivity contribution < 1.29 is 0 Å². The minimum Gasteiger partial charge on any atom is -0.390 e. The first-order valence-corrected chi connectivity index (χ1v) is 4.41. The fourth-order valence-electron chi connectivity index (χ4n) is 1.06. The van der Waals surface area contributed by atoms with Gasteiger partial charge >= 0.3 is 0 Å². The molecule has 0 bridgehead atoms. The van der Waals surface area contributed by atoms with E-state index in [1.807, 2.05) is 18.2 Å². The molecule has 0 atom stereocenters. The fraction of sp³-hybridized carbons (Fsp3) is 0.200. The summed E-state index contributed by atoms with van der Waals surface area (Å²) in [5.41, 5.74) is 11.7. The Kier molecular flexibility index (Phi) is 4.20. The second-order valence-corrected chi connectivity index (χ2v) is 2.75. The van der Waals surface area contributed by atoms with Crippen molar-refractivity contribution in [3.8, 4) is 0 Å². The van der Waals surface area contributed by atoms with E-state index in [1.165, 1.54) is 5.56 Å². The highest BCUT2D eigenvalue weighted by Crippen LogP contribution is 1.99. The van der Waals surface area contributed by atoms with E-state index in [-0.39, 0.29) is 5.96 Å². The third kappa shape index (κ3) is 3.71. The molecule has 0 fully saturated rings. The molecule has 0 aromatic heterocycles. The van der Waals surface area contributed by atoms with Crippen molar-refractivity contribution in [3.63, 3.8) is 0 Å². The van der Waals surface area contributed by atoms with E-state index in [0.29, 0.717) is 6.54 Å². The van der Waals surface area contributed by atoms with Crippen molar-refractivity contribution in [2.45, 2.75) is 6.42 Å². The summed E-state index contributed by atoms with van der Waals surface area (Å²) in [4.78, 5) is 7.66. The van der Waals surface area contributed by atoms with Crippen LogP contribution in [0.5, 0.6) is 0 Å². The number of hydrogen-bond acceptors (Lipinski definition) is 1. The molecule has 0 aliphatic heterocycles. The minimum absolute atomic E-state index is 0.225. The molecule has 0 amide bonds. The molecule has 0 aliphatic rings. The van der Waals surface area contributed by atoms with Crippen LogP contribution in [0.4, 0.5) is 0 Å². The maximum absolute atomic E-state index is 5.42. The van der Waals surface area contributed by atoms with Crippen molar-refractivity contribution in [2.75, 3.05) is 6.54 Å². The summed E-state index contributed by atoms with van der Waals surface area (Å²) in [5.74, 6) is 0.225. The summed E-state index contributed by atoms with van der Waals surface area (Å²) in [6.07, 6.45) is 2.00. The van der Waals surface area contributed by atoms with Crippen LogP contribution in [0.15, 0.2) is 40.3 Å². The van der Waals surface area contributed by atoms with Gasteiger partial charge in [0, 0.05) is 6.54 Å². The number of aliphatic imine (C=N–C) groups is 2. The van der Waals surface area contributed by atoms with Crippen LogP contribution in [-0.4, -0.2) is 18.8 Å². The van der Waals surface area contributed by atoms with E-state index in [1.54, 1.807) is 0 Å². The molecule has 0 spiro atoms. The van der Waals surface area contributed by atoms with E-state index in [0.717, 1.165) is 12.8 Å². The highest BCUT2D eigenvalue weighted by molar-refractivity contribution is 5.85. The van der Waals surface area contributed by atoms with Gasteiger partial charge in [-0.2, -0.15) is 0 Å². The molecule has 0 heterocycles.